The zero-order valence-corrected chi connectivity index (χ0v) is 20.7. The number of amides is 1. The van der Waals surface area contributed by atoms with E-state index in [0.717, 1.165) is 67.0 Å². The molecule has 2 aromatic heterocycles. The van der Waals surface area contributed by atoms with Crippen LogP contribution in [0, 0.1) is 25.2 Å². The van der Waals surface area contributed by atoms with Crippen LogP contribution in [0.5, 0.6) is 0 Å². The minimum atomic E-state index is -0.0874. The Bertz CT molecular complexity index is 1200. The number of fused-ring (bicyclic) bond motifs is 1. The fraction of sp³-hybridized carbons (Fsp3) is 0.500. The largest absolute Gasteiger partial charge is 0.376 e. The maximum absolute atomic E-state index is 13.3. The fourth-order valence-electron chi connectivity index (χ4n) is 5.20. The van der Waals surface area contributed by atoms with Crippen LogP contribution < -0.4 is 5.32 Å². The number of thiazole rings is 1. The maximum Gasteiger partial charge on any atom is 0.239 e. The molecule has 34 heavy (non-hydrogen) atoms. The maximum atomic E-state index is 13.3. The molecule has 4 heterocycles. The lowest BCUT2D eigenvalue weighted by Gasteiger charge is -2.33. The van der Waals surface area contributed by atoms with Gasteiger partial charge in [-0.15, -0.1) is 11.3 Å². The average molecular weight is 478 g/mol. The summed E-state index contributed by atoms with van der Waals surface area (Å²) in [6.07, 6.45) is 5.40. The van der Waals surface area contributed by atoms with Crippen molar-refractivity contribution >= 4 is 33.3 Å². The van der Waals surface area contributed by atoms with E-state index in [1.54, 1.807) is 11.3 Å². The van der Waals surface area contributed by atoms with Crippen LogP contribution in [0.25, 0.3) is 10.2 Å². The molecule has 2 aliphatic heterocycles. The number of carbonyl (C=O) groups is 1. The number of aromatic nitrogens is 2. The number of para-hydroxylation sites is 1. The molecule has 5 rings (SSSR count). The summed E-state index contributed by atoms with van der Waals surface area (Å²) in [6, 6.07) is 10.7. The van der Waals surface area contributed by atoms with Gasteiger partial charge in [-0.05, 0) is 63.8 Å². The molecule has 0 radical (unpaired) electrons. The molecule has 2 fully saturated rings. The molecule has 2 atom stereocenters. The number of carbonyl (C=O) groups excluding carboxylic acids is 1. The molecule has 1 N–H and O–H groups in total. The van der Waals surface area contributed by atoms with Gasteiger partial charge in [-0.25, -0.2) is 4.98 Å². The van der Waals surface area contributed by atoms with E-state index in [0.29, 0.717) is 17.9 Å². The van der Waals surface area contributed by atoms with Crippen LogP contribution in [0.3, 0.4) is 0 Å². The standard InChI is InChI=1S/C26H31N5O2S/c1-17-18(2)31(15-19-8-7-13-33-19)25(20(17)14-27)29-24(32)16-30-12-6-5-10-22(30)26-28-21-9-3-4-11-23(21)34-26/h3-4,9,11,19,22H,5-8,10,12-13,15-16H2,1-2H3,(H,29,32)/t19-,22+/m0/s1. The number of anilines is 1. The summed E-state index contributed by atoms with van der Waals surface area (Å²) in [5, 5.41) is 14.0. The number of ether oxygens (including phenoxy) is 1. The normalized spacial score (nSPS) is 21.1. The third kappa shape index (κ3) is 4.48. The van der Waals surface area contributed by atoms with Gasteiger partial charge in [0.15, 0.2) is 0 Å². The third-order valence-electron chi connectivity index (χ3n) is 7.16. The summed E-state index contributed by atoms with van der Waals surface area (Å²) in [5.41, 5.74) is 3.49. The zero-order chi connectivity index (χ0) is 23.7. The van der Waals surface area contributed by atoms with Crippen molar-refractivity contribution in [2.45, 2.75) is 64.6 Å². The van der Waals surface area contributed by atoms with Crippen LogP contribution in [0.15, 0.2) is 24.3 Å². The molecule has 0 spiro atoms. The van der Waals surface area contributed by atoms with Gasteiger partial charge in [-0.2, -0.15) is 5.26 Å². The number of nitriles is 1. The Hall–Kier alpha value is -2.73. The van der Waals surface area contributed by atoms with E-state index in [1.165, 1.54) is 4.70 Å². The van der Waals surface area contributed by atoms with Gasteiger partial charge in [0, 0.05) is 12.3 Å². The quantitative estimate of drug-likeness (QED) is 0.544. The van der Waals surface area contributed by atoms with Crippen molar-refractivity contribution in [2.75, 3.05) is 25.0 Å². The molecule has 2 saturated heterocycles. The first kappa shape index (κ1) is 23.0. The molecule has 0 bridgehead atoms. The Morgan fingerprint density at radius 3 is 2.88 bits per heavy atom. The van der Waals surface area contributed by atoms with E-state index in [1.807, 2.05) is 32.0 Å². The van der Waals surface area contributed by atoms with Gasteiger partial charge >= 0.3 is 0 Å². The minimum Gasteiger partial charge on any atom is -0.376 e. The molecule has 0 unspecified atom stereocenters. The van der Waals surface area contributed by atoms with Crippen molar-refractivity contribution in [3.63, 3.8) is 0 Å². The van der Waals surface area contributed by atoms with E-state index in [-0.39, 0.29) is 24.6 Å². The average Bonchev–Trinajstić information content (AvgIpc) is 3.56. The van der Waals surface area contributed by atoms with Crippen LogP contribution in [-0.4, -0.2) is 46.2 Å². The summed E-state index contributed by atoms with van der Waals surface area (Å²) in [7, 11) is 0. The van der Waals surface area contributed by atoms with Gasteiger partial charge in [-0.3, -0.25) is 9.69 Å². The molecule has 8 heteroatoms. The number of hydrogen-bond donors (Lipinski definition) is 1. The highest BCUT2D eigenvalue weighted by molar-refractivity contribution is 7.18. The summed E-state index contributed by atoms with van der Waals surface area (Å²) < 4.78 is 9.08. The Balaban J connectivity index is 1.35. The molecule has 0 aliphatic carbocycles. The second-order valence-electron chi connectivity index (χ2n) is 9.34. The summed E-state index contributed by atoms with van der Waals surface area (Å²) >= 11 is 1.72. The lowest BCUT2D eigenvalue weighted by molar-refractivity contribution is -0.118. The highest BCUT2D eigenvalue weighted by Gasteiger charge is 2.29. The monoisotopic (exact) mass is 477 g/mol. The predicted molar refractivity (Wildman–Crippen MR) is 134 cm³/mol. The van der Waals surface area contributed by atoms with Crippen molar-refractivity contribution in [1.82, 2.24) is 14.5 Å². The van der Waals surface area contributed by atoms with E-state index in [9.17, 15) is 10.1 Å². The number of likely N-dealkylation sites (tertiary alicyclic amines) is 1. The van der Waals surface area contributed by atoms with E-state index in [4.69, 9.17) is 9.72 Å². The zero-order valence-electron chi connectivity index (χ0n) is 19.8. The van der Waals surface area contributed by atoms with Crippen molar-refractivity contribution in [1.29, 1.82) is 5.26 Å². The molecule has 7 nitrogen and oxygen atoms in total. The van der Waals surface area contributed by atoms with Gasteiger partial charge < -0.3 is 14.6 Å². The van der Waals surface area contributed by atoms with Crippen molar-refractivity contribution in [3.8, 4) is 6.07 Å². The summed E-state index contributed by atoms with van der Waals surface area (Å²) in [4.78, 5) is 20.4. The fourth-order valence-corrected chi connectivity index (χ4v) is 6.34. The molecular formula is C26H31N5O2S. The van der Waals surface area contributed by atoms with Crippen LogP contribution in [-0.2, 0) is 16.1 Å². The smallest absolute Gasteiger partial charge is 0.239 e. The van der Waals surface area contributed by atoms with E-state index < -0.39 is 0 Å². The first-order valence-electron chi connectivity index (χ1n) is 12.2. The van der Waals surface area contributed by atoms with E-state index >= 15 is 0 Å². The highest BCUT2D eigenvalue weighted by Crippen LogP contribution is 2.35. The first-order chi connectivity index (χ1) is 16.5. The number of benzene rings is 1. The highest BCUT2D eigenvalue weighted by atomic mass is 32.1. The van der Waals surface area contributed by atoms with Crippen LogP contribution in [0.2, 0.25) is 0 Å². The molecule has 1 aromatic carbocycles. The molecule has 0 saturated carbocycles. The van der Waals surface area contributed by atoms with E-state index in [2.05, 4.69) is 26.9 Å². The number of nitrogens with zero attached hydrogens (tertiary/aromatic N) is 4. The topological polar surface area (TPSA) is 83.2 Å². The van der Waals surface area contributed by atoms with Gasteiger partial charge in [0.1, 0.15) is 16.9 Å². The van der Waals surface area contributed by atoms with Gasteiger partial charge in [0.25, 0.3) is 0 Å². The number of piperidine rings is 1. The number of hydrogen-bond acceptors (Lipinski definition) is 6. The lowest BCUT2D eigenvalue weighted by Crippen LogP contribution is -2.39. The molecule has 178 valence electrons. The van der Waals surface area contributed by atoms with Gasteiger partial charge in [0.05, 0.1) is 41.0 Å². The minimum absolute atomic E-state index is 0.0874. The predicted octanol–water partition coefficient (Wildman–Crippen LogP) is 4.93. The summed E-state index contributed by atoms with van der Waals surface area (Å²) in [5.74, 6) is 0.516. The number of nitrogens with one attached hydrogen (secondary N) is 1. The van der Waals surface area contributed by atoms with Crippen LogP contribution >= 0.6 is 11.3 Å². The Morgan fingerprint density at radius 1 is 1.26 bits per heavy atom. The SMILES string of the molecule is Cc1c(C#N)c(NC(=O)CN2CCCC[C@@H]2c2nc3ccccc3s2)n(C[C@@H]2CCCO2)c1C. The Kier molecular flexibility index (Phi) is 6.68. The second-order valence-corrected chi connectivity index (χ2v) is 10.4. The number of rotatable bonds is 6. The molecule has 2 aliphatic rings. The third-order valence-corrected chi connectivity index (χ3v) is 8.30. The van der Waals surface area contributed by atoms with Gasteiger partial charge in [-0.1, -0.05) is 18.6 Å². The van der Waals surface area contributed by atoms with Crippen LogP contribution in [0.4, 0.5) is 5.82 Å². The summed E-state index contributed by atoms with van der Waals surface area (Å²) in [6.45, 7) is 6.54. The van der Waals surface area contributed by atoms with Crippen molar-refractivity contribution < 1.29 is 9.53 Å². The Morgan fingerprint density at radius 2 is 2.12 bits per heavy atom. The second kappa shape index (κ2) is 9.87. The van der Waals surface area contributed by atoms with Crippen LogP contribution in [0.1, 0.15) is 60.0 Å². The molecule has 1 amide bonds. The van der Waals surface area contributed by atoms with Crippen molar-refractivity contribution in [2.24, 2.45) is 0 Å². The van der Waals surface area contributed by atoms with Gasteiger partial charge in [0.2, 0.25) is 5.91 Å². The molecular weight excluding hydrogens is 446 g/mol. The molecule has 3 aromatic rings. The van der Waals surface area contributed by atoms with Crippen molar-refractivity contribution in [3.05, 3.63) is 46.1 Å². The lowest BCUT2D eigenvalue weighted by atomic mass is 10.0. The first-order valence-corrected chi connectivity index (χ1v) is 13.0. The Labute approximate surface area is 204 Å².